The van der Waals surface area contributed by atoms with Crippen molar-refractivity contribution in [3.8, 4) is 5.75 Å². The van der Waals surface area contributed by atoms with Crippen molar-refractivity contribution >= 4 is 11.8 Å². The maximum Gasteiger partial charge on any atom is 0.573 e. The molecule has 0 fully saturated rings. The van der Waals surface area contributed by atoms with Crippen molar-refractivity contribution in [1.29, 1.82) is 5.41 Å². The van der Waals surface area contributed by atoms with Gasteiger partial charge in [0.25, 0.3) is 0 Å². The van der Waals surface area contributed by atoms with Crippen LogP contribution in [0.5, 0.6) is 5.75 Å². The number of isocyanates is 1. The van der Waals surface area contributed by atoms with E-state index in [-0.39, 0.29) is 5.75 Å². The molecular weight excluding hydrogens is 213 g/mol. The zero-order valence-corrected chi connectivity index (χ0v) is 7.34. The number of hydrogen-bond acceptors (Lipinski definition) is 4. The summed E-state index contributed by atoms with van der Waals surface area (Å²) in [5.41, 5.74) is 5.65. The molecule has 3 N–H and O–H groups in total. The van der Waals surface area contributed by atoms with Crippen LogP contribution < -0.4 is 10.5 Å². The Morgan fingerprint density at radius 3 is 2.00 bits per heavy atom. The van der Waals surface area contributed by atoms with E-state index in [0.29, 0.717) is 5.69 Å². The van der Waals surface area contributed by atoms with Gasteiger partial charge in [0.05, 0.1) is 0 Å². The minimum atomic E-state index is -4.64. The standard InChI is InChI=1S/C7H6F3NO.CHNO/c8-7(9,10)12-6-3-1-5(11)2-4-6;2-1-3/h1-4H,11H2;2H. The lowest BCUT2D eigenvalue weighted by atomic mass is 10.3. The van der Waals surface area contributed by atoms with Crippen LogP contribution in [-0.4, -0.2) is 12.4 Å². The van der Waals surface area contributed by atoms with Crippen molar-refractivity contribution in [2.24, 2.45) is 0 Å². The smallest absolute Gasteiger partial charge is 0.406 e. The Labute approximate surface area is 83.0 Å². The van der Waals surface area contributed by atoms with E-state index in [0.717, 1.165) is 18.2 Å². The summed E-state index contributed by atoms with van der Waals surface area (Å²) in [7, 11) is 0. The van der Waals surface area contributed by atoms with Gasteiger partial charge in [-0.25, -0.2) is 10.2 Å². The Hall–Kier alpha value is -2.01. The molecule has 0 spiro atoms. The number of anilines is 1. The highest BCUT2D eigenvalue weighted by molar-refractivity contribution is 5.41. The van der Waals surface area contributed by atoms with Crippen molar-refractivity contribution in [1.82, 2.24) is 0 Å². The number of ether oxygens (including phenoxy) is 1. The van der Waals surface area contributed by atoms with Gasteiger partial charge in [0.15, 0.2) is 0 Å². The van der Waals surface area contributed by atoms with E-state index >= 15 is 0 Å². The molecule has 0 radical (unpaired) electrons. The molecule has 0 aliphatic rings. The molecular formula is C8H7F3N2O2. The highest BCUT2D eigenvalue weighted by Gasteiger charge is 2.30. The molecule has 1 rings (SSSR count). The number of hydrogen-bond donors (Lipinski definition) is 2. The summed E-state index contributed by atoms with van der Waals surface area (Å²) in [5.74, 6) is -0.267. The molecule has 1 aromatic carbocycles. The summed E-state index contributed by atoms with van der Waals surface area (Å²) >= 11 is 0. The van der Waals surface area contributed by atoms with Crippen molar-refractivity contribution < 1.29 is 22.7 Å². The summed E-state index contributed by atoms with van der Waals surface area (Å²) in [6.45, 7) is 0. The van der Waals surface area contributed by atoms with Gasteiger partial charge < -0.3 is 10.5 Å². The molecule has 0 aliphatic heterocycles. The number of carbonyl (C=O) groups excluding carboxylic acids is 1. The fraction of sp³-hybridized carbons (Fsp3) is 0.125. The molecule has 82 valence electrons. The van der Waals surface area contributed by atoms with Crippen molar-refractivity contribution in [3.63, 3.8) is 0 Å². The van der Waals surface area contributed by atoms with Gasteiger partial charge in [-0.15, -0.1) is 13.2 Å². The van der Waals surface area contributed by atoms with Gasteiger partial charge in [-0.05, 0) is 24.3 Å². The van der Waals surface area contributed by atoms with Crippen LogP contribution in [0.2, 0.25) is 0 Å². The van der Waals surface area contributed by atoms with Gasteiger partial charge in [-0.3, -0.25) is 0 Å². The van der Waals surface area contributed by atoms with Crippen LogP contribution in [0, 0.1) is 5.41 Å². The molecule has 4 nitrogen and oxygen atoms in total. The van der Waals surface area contributed by atoms with E-state index in [2.05, 4.69) is 4.74 Å². The molecule has 0 saturated heterocycles. The fourth-order valence-electron chi connectivity index (χ4n) is 0.669. The van der Waals surface area contributed by atoms with Crippen LogP contribution in [-0.2, 0) is 4.79 Å². The van der Waals surface area contributed by atoms with E-state index in [4.69, 9.17) is 15.9 Å². The van der Waals surface area contributed by atoms with Crippen LogP contribution in [0.4, 0.5) is 18.9 Å². The number of benzene rings is 1. The summed E-state index contributed by atoms with van der Waals surface area (Å²) in [6.07, 6.45) is -3.89. The summed E-state index contributed by atoms with van der Waals surface area (Å²) < 4.78 is 38.4. The van der Waals surface area contributed by atoms with Gasteiger partial charge in [-0.1, -0.05) is 0 Å². The van der Waals surface area contributed by atoms with E-state index in [9.17, 15) is 13.2 Å². The number of alkyl halides is 3. The second kappa shape index (κ2) is 5.66. The molecule has 0 atom stereocenters. The number of nitrogens with two attached hydrogens (primary N) is 1. The minimum Gasteiger partial charge on any atom is -0.406 e. The quantitative estimate of drug-likeness (QED) is 0.432. The Balaban J connectivity index is 0.000000583. The van der Waals surface area contributed by atoms with Crippen LogP contribution in [0.1, 0.15) is 0 Å². The predicted molar refractivity (Wildman–Crippen MR) is 46.0 cm³/mol. The third kappa shape index (κ3) is 7.09. The lowest BCUT2D eigenvalue weighted by Crippen LogP contribution is -2.16. The lowest BCUT2D eigenvalue weighted by Gasteiger charge is -2.07. The highest BCUT2D eigenvalue weighted by Crippen LogP contribution is 2.22. The average Bonchev–Trinajstić information content (AvgIpc) is 2.08. The Bertz CT molecular complexity index is 329. The molecule has 0 unspecified atom stereocenters. The first-order valence-electron chi connectivity index (χ1n) is 3.54. The minimum absolute atomic E-state index is 0.267. The second-order valence-corrected chi connectivity index (χ2v) is 2.22. The number of nitrogen functional groups attached to an aromatic ring is 1. The Morgan fingerprint density at radius 2 is 1.67 bits per heavy atom. The van der Waals surface area contributed by atoms with Crippen LogP contribution >= 0.6 is 0 Å². The second-order valence-electron chi connectivity index (χ2n) is 2.22. The lowest BCUT2D eigenvalue weighted by molar-refractivity contribution is -0.274. The molecule has 0 bridgehead atoms. The average molecular weight is 220 g/mol. The number of nitrogens with one attached hydrogen (secondary N) is 1. The third-order valence-corrected chi connectivity index (χ3v) is 1.11. The van der Waals surface area contributed by atoms with Gasteiger partial charge in [0, 0.05) is 5.69 Å². The van der Waals surface area contributed by atoms with Gasteiger partial charge >= 0.3 is 6.36 Å². The first kappa shape index (κ1) is 13.0. The number of halogens is 3. The van der Waals surface area contributed by atoms with Crippen LogP contribution in [0.25, 0.3) is 0 Å². The summed E-state index contributed by atoms with van der Waals surface area (Å²) in [6, 6.07) is 4.98. The predicted octanol–water partition coefficient (Wildman–Crippen LogP) is 2.07. The van der Waals surface area contributed by atoms with Gasteiger partial charge in [-0.2, -0.15) is 0 Å². The van der Waals surface area contributed by atoms with E-state index in [1.54, 1.807) is 0 Å². The molecule has 0 amide bonds. The largest absolute Gasteiger partial charge is 0.573 e. The van der Waals surface area contributed by atoms with E-state index in [1.165, 1.54) is 12.1 Å². The molecule has 0 aromatic heterocycles. The fourth-order valence-corrected chi connectivity index (χ4v) is 0.669. The first-order chi connectivity index (χ1) is 6.89. The van der Waals surface area contributed by atoms with E-state index < -0.39 is 6.36 Å². The normalized spacial score (nSPS) is 9.53. The first-order valence-corrected chi connectivity index (χ1v) is 3.54. The maximum atomic E-state index is 11.6. The summed E-state index contributed by atoms with van der Waals surface area (Å²) in [4.78, 5) is 8.35. The van der Waals surface area contributed by atoms with Gasteiger partial charge in [0.2, 0.25) is 6.08 Å². The Morgan fingerprint density at radius 1 is 1.27 bits per heavy atom. The van der Waals surface area contributed by atoms with Crippen molar-refractivity contribution in [2.45, 2.75) is 6.36 Å². The monoisotopic (exact) mass is 220 g/mol. The SMILES string of the molecule is N=C=O.Nc1ccc(OC(F)(F)F)cc1. The maximum absolute atomic E-state index is 11.6. The zero-order chi connectivity index (χ0) is 11.9. The van der Waals surface area contributed by atoms with E-state index in [1.807, 2.05) is 0 Å². The Kier molecular flexibility index (Phi) is 4.90. The molecule has 0 saturated carbocycles. The molecule has 7 heteroatoms. The van der Waals surface area contributed by atoms with Crippen molar-refractivity contribution in [3.05, 3.63) is 24.3 Å². The third-order valence-electron chi connectivity index (χ3n) is 1.11. The number of rotatable bonds is 1. The zero-order valence-electron chi connectivity index (χ0n) is 7.34. The molecule has 15 heavy (non-hydrogen) atoms. The van der Waals surface area contributed by atoms with Crippen LogP contribution in [0.3, 0.4) is 0 Å². The molecule has 0 heterocycles. The van der Waals surface area contributed by atoms with Crippen LogP contribution in [0.15, 0.2) is 24.3 Å². The topological polar surface area (TPSA) is 76.2 Å². The highest BCUT2D eigenvalue weighted by atomic mass is 19.4. The summed E-state index contributed by atoms with van der Waals surface area (Å²) in [5, 5.41) is 5.40. The molecule has 0 aliphatic carbocycles. The van der Waals surface area contributed by atoms with Gasteiger partial charge in [0.1, 0.15) is 5.75 Å². The molecule has 1 aromatic rings. The van der Waals surface area contributed by atoms with Crippen molar-refractivity contribution in [2.75, 3.05) is 5.73 Å².